The lowest BCUT2D eigenvalue weighted by Gasteiger charge is -2.16. The van der Waals surface area contributed by atoms with Gasteiger partial charge in [-0.15, -0.1) is 0 Å². The predicted molar refractivity (Wildman–Crippen MR) is 130 cm³/mol. The molecule has 0 aromatic heterocycles. The van der Waals surface area contributed by atoms with Gasteiger partial charge in [-0.3, -0.25) is 9.69 Å². The Morgan fingerprint density at radius 1 is 0.903 bits per heavy atom. The number of rotatable bonds is 3. The summed E-state index contributed by atoms with van der Waals surface area (Å²) in [6, 6.07) is 25.6. The third-order valence-electron chi connectivity index (χ3n) is 5.10. The largest absolute Gasteiger partial charge is 0.399 e. The van der Waals surface area contributed by atoms with E-state index in [1.54, 1.807) is 16.7 Å². The number of nitrogen functional groups attached to an aromatic ring is 1. The van der Waals surface area contributed by atoms with Crippen molar-refractivity contribution < 1.29 is 4.79 Å². The summed E-state index contributed by atoms with van der Waals surface area (Å²) in [6.45, 7) is 0.471. The van der Waals surface area contributed by atoms with Gasteiger partial charge < -0.3 is 10.6 Å². The van der Waals surface area contributed by atoms with Crippen LogP contribution in [0.2, 0.25) is 0 Å². The number of amidine groups is 1. The molecule has 3 aromatic carbocycles. The average molecular weight is 445 g/mol. The van der Waals surface area contributed by atoms with E-state index in [0.717, 1.165) is 26.9 Å². The van der Waals surface area contributed by atoms with E-state index in [4.69, 9.17) is 10.7 Å². The monoisotopic (exact) mass is 444 g/mol. The van der Waals surface area contributed by atoms with Gasteiger partial charge in [0.25, 0.3) is 5.91 Å². The smallest absolute Gasteiger partial charge is 0.269 e. The van der Waals surface area contributed by atoms with Gasteiger partial charge in [0.1, 0.15) is 4.91 Å². The van der Waals surface area contributed by atoms with Gasteiger partial charge in [-0.1, -0.05) is 54.2 Å². The molecule has 0 radical (unpaired) electrons. The van der Waals surface area contributed by atoms with E-state index >= 15 is 0 Å². The van der Waals surface area contributed by atoms with Crippen LogP contribution >= 0.6 is 23.5 Å². The maximum atomic E-state index is 13.6. The quantitative estimate of drug-likeness (QED) is 0.430. The average Bonchev–Trinajstić information content (AvgIpc) is 3.28. The predicted octanol–water partition coefficient (Wildman–Crippen LogP) is 5.44. The standard InChI is InChI=1S/C24H20N4OS2/c1-27-19-9-5-6-10-20(19)30-23(27)21-22(29)28(15-16-7-3-2-4-8-16)24(31-21)26-18-13-11-17(25)12-14-18/h2-14H,15,25H2,1H3/b23-21-,26-24+. The van der Waals surface area contributed by atoms with Crippen molar-refractivity contribution in [1.29, 1.82) is 0 Å². The number of nitrogens with two attached hydrogens (primary N) is 1. The molecule has 0 unspecified atom stereocenters. The van der Waals surface area contributed by atoms with Crippen LogP contribution in [0.25, 0.3) is 0 Å². The number of carbonyl (C=O) groups excluding carboxylic acids is 1. The molecule has 2 aliphatic heterocycles. The van der Waals surface area contributed by atoms with Crippen molar-refractivity contribution in [2.75, 3.05) is 17.7 Å². The summed E-state index contributed by atoms with van der Waals surface area (Å²) in [6.07, 6.45) is 0. The Morgan fingerprint density at radius 3 is 2.35 bits per heavy atom. The maximum Gasteiger partial charge on any atom is 0.269 e. The van der Waals surface area contributed by atoms with Crippen molar-refractivity contribution in [3.05, 3.63) is 94.4 Å². The molecule has 31 heavy (non-hydrogen) atoms. The summed E-state index contributed by atoms with van der Waals surface area (Å²) in [5.41, 5.74) is 9.44. The van der Waals surface area contributed by atoms with Crippen LogP contribution in [0.3, 0.4) is 0 Å². The molecule has 2 N–H and O–H groups in total. The number of anilines is 2. The van der Waals surface area contributed by atoms with Crippen molar-refractivity contribution in [2.24, 2.45) is 4.99 Å². The van der Waals surface area contributed by atoms with Gasteiger partial charge in [-0.25, -0.2) is 4.99 Å². The lowest BCUT2D eigenvalue weighted by atomic mass is 10.2. The normalized spacial score (nSPS) is 19.4. The lowest BCUT2D eigenvalue weighted by molar-refractivity contribution is -0.122. The fourth-order valence-corrected chi connectivity index (χ4v) is 5.83. The zero-order chi connectivity index (χ0) is 21.4. The summed E-state index contributed by atoms with van der Waals surface area (Å²) in [4.78, 5) is 24.1. The van der Waals surface area contributed by atoms with Crippen LogP contribution in [0.4, 0.5) is 17.1 Å². The number of fused-ring (bicyclic) bond motifs is 1. The summed E-state index contributed by atoms with van der Waals surface area (Å²) >= 11 is 3.06. The highest BCUT2D eigenvalue weighted by Gasteiger charge is 2.39. The first-order chi connectivity index (χ1) is 15.1. The van der Waals surface area contributed by atoms with Gasteiger partial charge >= 0.3 is 0 Å². The van der Waals surface area contributed by atoms with Crippen molar-refractivity contribution in [2.45, 2.75) is 11.4 Å². The molecule has 1 saturated heterocycles. The molecule has 0 aliphatic carbocycles. The van der Waals surface area contributed by atoms with Crippen LogP contribution in [0.5, 0.6) is 0 Å². The van der Waals surface area contributed by atoms with E-state index < -0.39 is 0 Å². The van der Waals surface area contributed by atoms with Crippen molar-refractivity contribution in [3.63, 3.8) is 0 Å². The first-order valence-electron chi connectivity index (χ1n) is 9.83. The number of benzene rings is 3. The maximum absolute atomic E-state index is 13.6. The van der Waals surface area contributed by atoms with Gasteiger partial charge in [-0.05, 0) is 53.7 Å². The van der Waals surface area contributed by atoms with Crippen LogP contribution in [0, 0.1) is 0 Å². The minimum atomic E-state index is -0.0230. The number of hydrogen-bond donors (Lipinski definition) is 1. The van der Waals surface area contributed by atoms with Crippen LogP contribution in [-0.4, -0.2) is 23.0 Å². The van der Waals surface area contributed by atoms with E-state index in [1.807, 2.05) is 73.8 Å². The molecule has 0 spiro atoms. The number of amides is 1. The Morgan fingerprint density at radius 2 is 1.61 bits per heavy atom. The molecule has 0 bridgehead atoms. The molecule has 2 aliphatic rings. The van der Waals surface area contributed by atoms with Crippen LogP contribution in [0.1, 0.15) is 5.56 Å². The zero-order valence-electron chi connectivity index (χ0n) is 16.9. The van der Waals surface area contributed by atoms with Gasteiger partial charge in [0, 0.05) is 17.6 Å². The molecule has 154 valence electrons. The molecule has 5 rings (SSSR count). The van der Waals surface area contributed by atoms with Gasteiger partial charge in [-0.2, -0.15) is 0 Å². The van der Waals surface area contributed by atoms with Gasteiger partial charge in [0.15, 0.2) is 5.17 Å². The Balaban J connectivity index is 1.55. The van der Waals surface area contributed by atoms with Gasteiger partial charge in [0.05, 0.1) is 22.9 Å². The fraction of sp³-hybridized carbons (Fsp3) is 0.0833. The molecular formula is C24H20N4OS2. The highest BCUT2D eigenvalue weighted by molar-refractivity contribution is 8.19. The summed E-state index contributed by atoms with van der Waals surface area (Å²) in [5.74, 6) is -0.0230. The second-order valence-electron chi connectivity index (χ2n) is 7.23. The number of carbonyl (C=O) groups is 1. The van der Waals surface area contributed by atoms with Gasteiger partial charge in [0.2, 0.25) is 0 Å². The van der Waals surface area contributed by atoms with E-state index in [0.29, 0.717) is 22.3 Å². The second kappa shape index (κ2) is 8.17. The Labute approximate surface area is 189 Å². The van der Waals surface area contributed by atoms with E-state index in [9.17, 15) is 4.79 Å². The number of aliphatic imine (C=N–C) groups is 1. The topological polar surface area (TPSA) is 61.9 Å². The first kappa shape index (κ1) is 19.8. The van der Waals surface area contributed by atoms with Crippen LogP contribution < -0.4 is 10.6 Å². The van der Waals surface area contributed by atoms with E-state index in [2.05, 4.69) is 17.0 Å². The molecule has 7 heteroatoms. The number of thioether (sulfide) groups is 2. The first-order valence-corrected chi connectivity index (χ1v) is 11.5. The summed E-state index contributed by atoms with van der Waals surface area (Å²) in [7, 11) is 2.01. The third-order valence-corrected chi connectivity index (χ3v) is 7.53. The highest BCUT2D eigenvalue weighted by atomic mass is 32.2. The molecule has 2 heterocycles. The third kappa shape index (κ3) is 3.82. The number of nitrogens with zero attached hydrogens (tertiary/aromatic N) is 3. The van der Waals surface area contributed by atoms with E-state index in [-0.39, 0.29) is 5.91 Å². The molecular weight excluding hydrogens is 424 g/mol. The van der Waals surface area contributed by atoms with Crippen molar-refractivity contribution in [1.82, 2.24) is 4.90 Å². The number of para-hydroxylation sites is 1. The molecule has 0 atom stereocenters. The molecule has 0 saturated carbocycles. The zero-order valence-corrected chi connectivity index (χ0v) is 18.5. The fourth-order valence-electron chi connectivity index (χ4n) is 3.48. The van der Waals surface area contributed by atoms with E-state index in [1.165, 1.54) is 11.8 Å². The Hall–Kier alpha value is -3.16. The Bertz CT molecular complexity index is 1210. The lowest BCUT2D eigenvalue weighted by Crippen LogP contribution is -2.29. The Kier molecular flexibility index (Phi) is 5.21. The van der Waals surface area contributed by atoms with Crippen LogP contribution in [0.15, 0.2) is 98.7 Å². The molecule has 1 fully saturated rings. The highest BCUT2D eigenvalue weighted by Crippen LogP contribution is 2.50. The molecule has 3 aromatic rings. The van der Waals surface area contributed by atoms with Crippen molar-refractivity contribution in [3.8, 4) is 0 Å². The second-order valence-corrected chi connectivity index (χ2v) is 9.24. The summed E-state index contributed by atoms with van der Waals surface area (Å²) in [5, 5.41) is 1.61. The summed E-state index contributed by atoms with van der Waals surface area (Å²) < 4.78 is 0. The molecule has 5 nitrogen and oxygen atoms in total. The van der Waals surface area contributed by atoms with Crippen molar-refractivity contribution >= 4 is 51.7 Å². The minimum Gasteiger partial charge on any atom is -0.399 e. The number of hydrogen-bond acceptors (Lipinski definition) is 6. The van der Waals surface area contributed by atoms with Crippen LogP contribution in [-0.2, 0) is 11.3 Å². The molecule has 1 amide bonds. The minimum absolute atomic E-state index is 0.0230. The SMILES string of the molecule is CN1/C(=C2/S/C(=N/c3ccc(N)cc3)N(Cc3ccccc3)C2=O)Sc2ccccc21.